The van der Waals surface area contributed by atoms with Crippen LogP contribution in [0.5, 0.6) is 11.5 Å². The van der Waals surface area contributed by atoms with Crippen molar-refractivity contribution in [2.75, 3.05) is 13.2 Å². The Bertz CT molecular complexity index is 728. The third kappa shape index (κ3) is 2.86. The third-order valence-electron chi connectivity index (χ3n) is 3.16. The smallest absolute Gasteiger partial charge is 0.258 e. The van der Waals surface area contributed by atoms with Crippen molar-refractivity contribution >= 4 is 10.0 Å². The molecule has 0 amide bonds. The predicted molar refractivity (Wildman–Crippen MR) is 74.8 cm³/mol. The Morgan fingerprint density at radius 2 is 2.00 bits per heavy atom. The highest BCUT2D eigenvalue weighted by molar-refractivity contribution is 7.89. The Hall–Kier alpha value is -2.06. The topological polar surface area (TPSA) is 93.3 Å². The van der Waals surface area contributed by atoms with Crippen molar-refractivity contribution in [1.29, 1.82) is 0 Å². The number of benzene rings is 1. The van der Waals surface area contributed by atoms with Crippen molar-refractivity contribution in [2.45, 2.75) is 18.0 Å². The number of nitrogens with zero attached hydrogens (tertiary/aromatic N) is 1. The monoisotopic (exact) mass is 309 g/mol. The number of hydrogen-bond acceptors (Lipinski definition) is 5. The zero-order valence-electron chi connectivity index (χ0n) is 11.4. The SMILES string of the molecule is CC(NS(=O)(=O)c1ccn[nH]1)c1ccc2c(c1)OCCO2. The van der Waals surface area contributed by atoms with Gasteiger partial charge in [-0.2, -0.15) is 5.10 Å². The van der Waals surface area contributed by atoms with E-state index in [0.29, 0.717) is 24.7 Å². The van der Waals surface area contributed by atoms with Gasteiger partial charge in [0.15, 0.2) is 16.5 Å². The number of H-pyrrole nitrogens is 1. The molecule has 2 heterocycles. The first-order valence-electron chi connectivity index (χ1n) is 6.47. The molecule has 2 N–H and O–H groups in total. The van der Waals surface area contributed by atoms with Crippen molar-refractivity contribution in [3.05, 3.63) is 36.0 Å². The second-order valence-electron chi connectivity index (χ2n) is 4.67. The van der Waals surface area contributed by atoms with Crippen LogP contribution in [0.1, 0.15) is 18.5 Å². The van der Waals surface area contributed by atoms with E-state index in [1.165, 1.54) is 12.3 Å². The zero-order valence-corrected chi connectivity index (χ0v) is 12.2. The molecule has 7 nitrogen and oxygen atoms in total. The number of sulfonamides is 1. The van der Waals surface area contributed by atoms with E-state index >= 15 is 0 Å². The van der Waals surface area contributed by atoms with E-state index in [9.17, 15) is 8.42 Å². The van der Waals surface area contributed by atoms with Crippen LogP contribution >= 0.6 is 0 Å². The fraction of sp³-hybridized carbons (Fsp3) is 0.308. The summed E-state index contributed by atoms with van der Waals surface area (Å²) in [5.74, 6) is 1.31. The van der Waals surface area contributed by atoms with Gasteiger partial charge < -0.3 is 9.47 Å². The second-order valence-corrected chi connectivity index (χ2v) is 6.35. The lowest BCUT2D eigenvalue weighted by Crippen LogP contribution is -2.27. The van der Waals surface area contributed by atoms with Gasteiger partial charge in [-0.05, 0) is 30.7 Å². The van der Waals surface area contributed by atoms with Crippen LogP contribution in [0, 0.1) is 0 Å². The van der Waals surface area contributed by atoms with Crippen LogP contribution < -0.4 is 14.2 Å². The molecule has 0 aliphatic carbocycles. The summed E-state index contributed by atoms with van der Waals surface area (Å²) in [6.07, 6.45) is 1.39. The van der Waals surface area contributed by atoms with Crippen LogP contribution in [0.3, 0.4) is 0 Å². The summed E-state index contributed by atoms with van der Waals surface area (Å²) in [7, 11) is -3.63. The predicted octanol–water partition coefficient (Wildman–Crippen LogP) is 1.22. The first-order chi connectivity index (χ1) is 10.1. The van der Waals surface area contributed by atoms with Gasteiger partial charge in [-0.15, -0.1) is 0 Å². The molecule has 1 atom stereocenters. The van der Waals surface area contributed by atoms with Crippen molar-refractivity contribution < 1.29 is 17.9 Å². The van der Waals surface area contributed by atoms with Crippen LogP contribution in [-0.4, -0.2) is 31.8 Å². The van der Waals surface area contributed by atoms with Gasteiger partial charge in [0.1, 0.15) is 13.2 Å². The average Bonchev–Trinajstić information content (AvgIpc) is 3.01. The van der Waals surface area contributed by atoms with E-state index in [2.05, 4.69) is 14.9 Å². The number of aromatic nitrogens is 2. The normalized spacial score (nSPS) is 15.7. The molecule has 0 radical (unpaired) electrons. The van der Waals surface area contributed by atoms with E-state index in [1.54, 1.807) is 19.1 Å². The van der Waals surface area contributed by atoms with Gasteiger partial charge in [0.25, 0.3) is 10.0 Å². The van der Waals surface area contributed by atoms with Crippen molar-refractivity contribution in [3.63, 3.8) is 0 Å². The Morgan fingerprint density at radius 3 is 2.71 bits per heavy atom. The molecule has 0 spiro atoms. The van der Waals surface area contributed by atoms with Gasteiger partial charge >= 0.3 is 0 Å². The van der Waals surface area contributed by atoms with Gasteiger partial charge in [0.2, 0.25) is 0 Å². The molecule has 0 saturated carbocycles. The minimum Gasteiger partial charge on any atom is -0.486 e. The van der Waals surface area contributed by atoms with Crippen LogP contribution in [0.15, 0.2) is 35.5 Å². The lowest BCUT2D eigenvalue weighted by Gasteiger charge is -2.20. The number of ether oxygens (including phenoxy) is 2. The molecule has 112 valence electrons. The molecule has 1 unspecified atom stereocenters. The van der Waals surface area contributed by atoms with Crippen LogP contribution in [0.25, 0.3) is 0 Å². The third-order valence-corrected chi connectivity index (χ3v) is 4.63. The van der Waals surface area contributed by atoms with Gasteiger partial charge in [-0.1, -0.05) is 6.07 Å². The zero-order chi connectivity index (χ0) is 14.9. The molecule has 0 fully saturated rings. The Morgan fingerprint density at radius 1 is 1.24 bits per heavy atom. The van der Waals surface area contributed by atoms with E-state index in [4.69, 9.17) is 9.47 Å². The van der Waals surface area contributed by atoms with E-state index in [1.807, 2.05) is 6.07 Å². The van der Waals surface area contributed by atoms with Crippen molar-refractivity contribution in [3.8, 4) is 11.5 Å². The van der Waals surface area contributed by atoms with Crippen LogP contribution in [0.2, 0.25) is 0 Å². The first kappa shape index (κ1) is 13.9. The first-order valence-corrected chi connectivity index (χ1v) is 7.96. The van der Waals surface area contributed by atoms with E-state index in [0.717, 1.165) is 5.56 Å². The molecule has 2 aromatic rings. The molecular formula is C13H15N3O4S. The van der Waals surface area contributed by atoms with Crippen LogP contribution in [0.4, 0.5) is 0 Å². The highest BCUT2D eigenvalue weighted by Crippen LogP contribution is 2.32. The van der Waals surface area contributed by atoms with Crippen LogP contribution in [-0.2, 0) is 10.0 Å². The van der Waals surface area contributed by atoms with Gasteiger partial charge in [0, 0.05) is 6.04 Å². The average molecular weight is 309 g/mol. The fourth-order valence-corrected chi connectivity index (χ4v) is 3.23. The standard InChI is InChI=1S/C13H15N3O4S/c1-9(16-21(17,18)13-4-5-14-15-13)10-2-3-11-12(8-10)20-7-6-19-11/h2-5,8-9,16H,6-7H2,1H3,(H,14,15). The van der Waals surface area contributed by atoms with Gasteiger partial charge in [-0.3, -0.25) is 5.10 Å². The summed E-state index contributed by atoms with van der Waals surface area (Å²) in [6, 6.07) is 6.38. The maximum atomic E-state index is 12.1. The lowest BCUT2D eigenvalue weighted by molar-refractivity contribution is 0.171. The van der Waals surface area contributed by atoms with E-state index in [-0.39, 0.29) is 5.03 Å². The summed E-state index contributed by atoms with van der Waals surface area (Å²) in [6.45, 7) is 2.78. The number of nitrogens with one attached hydrogen (secondary N) is 2. The summed E-state index contributed by atoms with van der Waals surface area (Å²) in [5.41, 5.74) is 0.794. The van der Waals surface area contributed by atoms with Crippen molar-refractivity contribution in [2.24, 2.45) is 0 Å². The summed E-state index contributed by atoms with van der Waals surface area (Å²) >= 11 is 0. The molecule has 1 aromatic heterocycles. The highest BCUT2D eigenvalue weighted by atomic mass is 32.2. The molecule has 1 aliphatic heterocycles. The van der Waals surface area contributed by atoms with Gasteiger partial charge in [-0.25, -0.2) is 13.1 Å². The Kier molecular flexibility index (Phi) is 3.56. The lowest BCUT2D eigenvalue weighted by atomic mass is 10.1. The van der Waals surface area contributed by atoms with Gasteiger partial charge in [0.05, 0.1) is 6.20 Å². The summed E-state index contributed by atoms with van der Waals surface area (Å²) in [5, 5.41) is 6.12. The number of rotatable bonds is 4. The number of fused-ring (bicyclic) bond motifs is 1. The molecule has 8 heteroatoms. The second kappa shape index (κ2) is 5.38. The molecule has 3 rings (SSSR count). The number of aromatic amines is 1. The molecule has 1 aromatic carbocycles. The highest BCUT2D eigenvalue weighted by Gasteiger charge is 2.21. The maximum absolute atomic E-state index is 12.1. The minimum atomic E-state index is -3.63. The largest absolute Gasteiger partial charge is 0.486 e. The molecule has 0 bridgehead atoms. The fourth-order valence-electron chi connectivity index (χ4n) is 2.09. The quantitative estimate of drug-likeness (QED) is 0.886. The summed E-state index contributed by atoms with van der Waals surface area (Å²) < 4.78 is 37.8. The molecule has 0 saturated heterocycles. The molecule has 1 aliphatic rings. The molecule has 21 heavy (non-hydrogen) atoms. The molecular weight excluding hydrogens is 294 g/mol. The Balaban J connectivity index is 1.81. The maximum Gasteiger partial charge on any atom is 0.258 e. The van der Waals surface area contributed by atoms with E-state index < -0.39 is 16.1 Å². The minimum absolute atomic E-state index is 0.0342. The summed E-state index contributed by atoms with van der Waals surface area (Å²) in [4.78, 5) is 0. The Labute approximate surface area is 122 Å². The van der Waals surface area contributed by atoms with Crippen molar-refractivity contribution in [1.82, 2.24) is 14.9 Å². The number of hydrogen-bond donors (Lipinski definition) is 2.